The van der Waals surface area contributed by atoms with Crippen LogP contribution in [0.2, 0.25) is 0 Å². The number of amides is 1. The van der Waals surface area contributed by atoms with Gasteiger partial charge in [-0.3, -0.25) is 14.9 Å². The first kappa shape index (κ1) is 15.2. The lowest BCUT2D eigenvalue weighted by atomic mass is 9.86. The molecule has 0 bridgehead atoms. The van der Waals surface area contributed by atoms with Gasteiger partial charge in [-0.25, -0.2) is 0 Å². The maximum absolute atomic E-state index is 11.9. The molecule has 5 nitrogen and oxygen atoms in total. The van der Waals surface area contributed by atoms with Crippen molar-refractivity contribution in [3.63, 3.8) is 0 Å². The summed E-state index contributed by atoms with van der Waals surface area (Å²) < 4.78 is 0. The number of para-hydroxylation sites is 1. The average molecular weight is 288 g/mol. The fraction of sp³-hybridized carbons (Fsp3) is 0.438. The number of rotatable bonds is 4. The molecule has 0 saturated heterocycles. The van der Waals surface area contributed by atoms with Gasteiger partial charge in [0.1, 0.15) is 0 Å². The Bertz CT molecular complexity index is 554. The lowest BCUT2D eigenvalue weighted by molar-refractivity contribution is -0.385. The van der Waals surface area contributed by atoms with Crippen LogP contribution in [0.1, 0.15) is 38.2 Å². The van der Waals surface area contributed by atoms with Crippen LogP contribution in [-0.2, 0) is 4.79 Å². The quantitative estimate of drug-likeness (QED) is 0.525. The molecule has 112 valence electrons. The van der Waals surface area contributed by atoms with Crippen LogP contribution in [-0.4, -0.2) is 16.9 Å². The van der Waals surface area contributed by atoms with Crippen molar-refractivity contribution < 1.29 is 9.72 Å². The number of nitrogens with zero attached hydrogens (tertiary/aromatic N) is 1. The summed E-state index contributed by atoms with van der Waals surface area (Å²) in [4.78, 5) is 22.4. The van der Waals surface area contributed by atoms with Gasteiger partial charge in [0.2, 0.25) is 5.91 Å². The molecule has 0 heterocycles. The molecule has 2 rings (SSSR count). The van der Waals surface area contributed by atoms with Crippen LogP contribution in [0.15, 0.2) is 30.3 Å². The van der Waals surface area contributed by atoms with E-state index in [-0.39, 0.29) is 17.6 Å². The molecular weight excluding hydrogens is 268 g/mol. The summed E-state index contributed by atoms with van der Waals surface area (Å²) in [6, 6.07) is 6.60. The summed E-state index contributed by atoms with van der Waals surface area (Å²) in [7, 11) is 0. The van der Waals surface area contributed by atoms with Crippen LogP contribution < -0.4 is 5.32 Å². The van der Waals surface area contributed by atoms with E-state index in [1.165, 1.54) is 24.6 Å². The maximum Gasteiger partial charge on any atom is 0.276 e. The second-order valence-corrected chi connectivity index (χ2v) is 5.53. The molecule has 5 heteroatoms. The fourth-order valence-electron chi connectivity index (χ4n) is 2.72. The Morgan fingerprint density at radius 1 is 1.33 bits per heavy atom. The van der Waals surface area contributed by atoms with E-state index in [9.17, 15) is 14.9 Å². The summed E-state index contributed by atoms with van der Waals surface area (Å²) in [5.74, 6) is 0.300. The minimum absolute atomic E-state index is 0.00702. The summed E-state index contributed by atoms with van der Waals surface area (Å²) in [5, 5.41) is 13.9. The van der Waals surface area contributed by atoms with E-state index in [0.29, 0.717) is 11.5 Å². The third-order valence-electron chi connectivity index (χ3n) is 3.99. The van der Waals surface area contributed by atoms with E-state index >= 15 is 0 Å². The number of hydrogen-bond donors (Lipinski definition) is 1. The number of benzene rings is 1. The Morgan fingerprint density at radius 3 is 2.76 bits per heavy atom. The van der Waals surface area contributed by atoms with Crippen LogP contribution in [0.5, 0.6) is 0 Å². The lowest BCUT2D eigenvalue weighted by Gasteiger charge is -2.29. The molecule has 21 heavy (non-hydrogen) atoms. The van der Waals surface area contributed by atoms with Gasteiger partial charge < -0.3 is 5.32 Å². The zero-order valence-electron chi connectivity index (χ0n) is 12.1. The van der Waals surface area contributed by atoms with Gasteiger partial charge in [-0.05, 0) is 30.9 Å². The Hall–Kier alpha value is -2.17. The topological polar surface area (TPSA) is 72.2 Å². The predicted octanol–water partition coefficient (Wildman–Crippen LogP) is 3.30. The molecule has 0 radical (unpaired) electrons. The number of nitro groups is 1. The molecule has 1 aromatic carbocycles. The van der Waals surface area contributed by atoms with Crippen LogP contribution in [0.3, 0.4) is 0 Å². The van der Waals surface area contributed by atoms with Crippen molar-refractivity contribution in [3.05, 3.63) is 46.0 Å². The van der Waals surface area contributed by atoms with Crippen LogP contribution >= 0.6 is 0 Å². The van der Waals surface area contributed by atoms with Crippen LogP contribution in [0.25, 0.3) is 6.08 Å². The Labute approximate surface area is 124 Å². The van der Waals surface area contributed by atoms with E-state index < -0.39 is 4.92 Å². The average Bonchev–Trinajstić information content (AvgIpc) is 2.48. The van der Waals surface area contributed by atoms with Gasteiger partial charge in [-0.15, -0.1) is 0 Å². The molecular formula is C16H20N2O3. The first-order valence-corrected chi connectivity index (χ1v) is 7.30. The van der Waals surface area contributed by atoms with E-state index in [0.717, 1.165) is 19.3 Å². The molecule has 1 aliphatic carbocycles. The minimum atomic E-state index is -0.444. The lowest BCUT2D eigenvalue weighted by Crippen LogP contribution is -2.40. The first-order chi connectivity index (χ1) is 10.1. The van der Waals surface area contributed by atoms with Gasteiger partial charge in [0.15, 0.2) is 0 Å². The van der Waals surface area contributed by atoms with Crippen molar-refractivity contribution in [3.8, 4) is 0 Å². The van der Waals surface area contributed by atoms with Gasteiger partial charge in [-0.2, -0.15) is 0 Å². The van der Waals surface area contributed by atoms with E-state index in [4.69, 9.17) is 0 Å². The van der Waals surface area contributed by atoms with Crippen molar-refractivity contribution in [1.82, 2.24) is 5.32 Å². The molecule has 0 aromatic heterocycles. The van der Waals surface area contributed by atoms with Crippen molar-refractivity contribution >= 4 is 17.7 Å². The molecule has 1 amide bonds. The molecule has 1 saturated carbocycles. The Morgan fingerprint density at radius 2 is 2.05 bits per heavy atom. The number of nitrogens with one attached hydrogen (secondary N) is 1. The zero-order valence-corrected chi connectivity index (χ0v) is 12.1. The molecule has 0 aliphatic heterocycles. The molecule has 1 aromatic rings. The minimum Gasteiger partial charge on any atom is -0.350 e. The summed E-state index contributed by atoms with van der Waals surface area (Å²) in [6.45, 7) is 2.15. The fourth-order valence-corrected chi connectivity index (χ4v) is 2.72. The van der Waals surface area contributed by atoms with E-state index in [1.807, 2.05) is 0 Å². The van der Waals surface area contributed by atoms with Crippen LogP contribution in [0, 0.1) is 16.0 Å². The predicted molar refractivity (Wildman–Crippen MR) is 81.7 cm³/mol. The number of carbonyl (C=O) groups is 1. The molecule has 2 atom stereocenters. The SMILES string of the molecule is CC1CCCCC1NC(=O)/C=C/c1ccccc1[N+](=O)[O-]. The van der Waals surface area contributed by atoms with E-state index in [2.05, 4.69) is 12.2 Å². The molecule has 1 fully saturated rings. The largest absolute Gasteiger partial charge is 0.350 e. The number of nitro benzene ring substituents is 1. The highest BCUT2D eigenvalue weighted by Crippen LogP contribution is 2.24. The third kappa shape index (κ3) is 4.15. The zero-order chi connectivity index (χ0) is 15.2. The summed E-state index contributed by atoms with van der Waals surface area (Å²) in [6.07, 6.45) is 7.39. The Balaban J connectivity index is 2.00. The standard InChI is InChI=1S/C16H20N2O3/c1-12-6-2-4-8-14(12)17-16(19)11-10-13-7-3-5-9-15(13)18(20)21/h3,5,7,9-12,14H,2,4,6,8H2,1H3,(H,17,19)/b11-10+. The molecule has 0 spiro atoms. The molecule has 1 aliphatic rings. The highest BCUT2D eigenvalue weighted by atomic mass is 16.6. The van der Waals surface area contributed by atoms with Crippen molar-refractivity contribution in [1.29, 1.82) is 0 Å². The van der Waals surface area contributed by atoms with Crippen molar-refractivity contribution in [2.45, 2.75) is 38.6 Å². The van der Waals surface area contributed by atoms with E-state index in [1.54, 1.807) is 18.2 Å². The highest BCUT2D eigenvalue weighted by molar-refractivity contribution is 5.92. The van der Waals surface area contributed by atoms with Crippen molar-refractivity contribution in [2.75, 3.05) is 0 Å². The maximum atomic E-state index is 11.9. The number of carbonyl (C=O) groups excluding carboxylic acids is 1. The second kappa shape index (κ2) is 7.02. The smallest absolute Gasteiger partial charge is 0.276 e. The summed E-state index contributed by atoms with van der Waals surface area (Å²) in [5.41, 5.74) is 0.446. The Kier molecular flexibility index (Phi) is 5.09. The molecule has 2 unspecified atom stereocenters. The monoisotopic (exact) mass is 288 g/mol. The van der Waals surface area contributed by atoms with Crippen LogP contribution in [0.4, 0.5) is 5.69 Å². The van der Waals surface area contributed by atoms with Gasteiger partial charge in [0, 0.05) is 18.2 Å². The van der Waals surface area contributed by atoms with Gasteiger partial charge in [0.25, 0.3) is 5.69 Å². The van der Waals surface area contributed by atoms with Gasteiger partial charge >= 0.3 is 0 Å². The third-order valence-corrected chi connectivity index (χ3v) is 3.99. The second-order valence-electron chi connectivity index (χ2n) is 5.53. The van der Waals surface area contributed by atoms with Gasteiger partial charge in [-0.1, -0.05) is 31.9 Å². The first-order valence-electron chi connectivity index (χ1n) is 7.30. The molecule has 1 N–H and O–H groups in total. The normalized spacial score (nSPS) is 22.1. The number of hydrogen-bond acceptors (Lipinski definition) is 3. The summed E-state index contributed by atoms with van der Waals surface area (Å²) >= 11 is 0. The van der Waals surface area contributed by atoms with Gasteiger partial charge in [0.05, 0.1) is 10.5 Å². The van der Waals surface area contributed by atoms with Crippen molar-refractivity contribution in [2.24, 2.45) is 5.92 Å². The highest BCUT2D eigenvalue weighted by Gasteiger charge is 2.22.